The number of aliphatic hydroxyl groups is 1. The molecule has 0 saturated carbocycles. The van der Waals surface area contributed by atoms with E-state index >= 15 is 0 Å². The van der Waals surface area contributed by atoms with Gasteiger partial charge in [-0.3, -0.25) is 9.59 Å². The Morgan fingerprint density at radius 3 is 2.28 bits per heavy atom. The fourth-order valence-electron chi connectivity index (χ4n) is 3.88. The highest BCUT2D eigenvalue weighted by molar-refractivity contribution is 7.20. The quantitative estimate of drug-likeness (QED) is 0.299. The molecule has 9 heteroatoms. The molecule has 8 nitrogen and oxygen atoms in total. The molecule has 0 fully saturated rings. The summed E-state index contributed by atoms with van der Waals surface area (Å²) in [6, 6.07) is 7.60. The predicted octanol–water partition coefficient (Wildman–Crippen LogP) is 4.59. The van der Waals surface area contributed by atoms with Crippen molar-refractivity contribution in [3.8, 4) is 17.2 Å². The van der Waals surface area contributed by atoms with Gasteiger partial charge in [0.2, 0.25) is 0 Å². The van der Waals surface area contributed by atoms with E-state index in [1.54, 1.807) is 18.2 Å². The maximum Gasteiger partial charge on any atom is 0.346 e. The number of carboxylic acids is 1. The zero-order valence-electron chi connectivity index (χ0n) is 20.5. The van der Waals surface area contributed by atoms with Gasteiger partial charge in [0, 0.05) is 21.7 Å². The van der Waals surface area contributed by atoms with Gasteiger partial charge in [0.15, 0.2) is 11.2 Å². The van der Waals surface area contributed by atoms with Gasteiger partial charge in [-0.05, 0) is 49.6 Å². The highest BCUT2D eigenvalue weighted by atomic mass is 32.1. The number of Topliss-reactive ketones (excluding diaryl/α,β-unsaturated/α-hetero) is 1. The molecular formula is C27H30O8S. The summed E-state index contributed by atoms with van der Waals surface area (Å²) < 4.78 is 12.1. The van der Waals surface area contributed by atoms with Gasteiger partial charge >= 0.3 is 5.97 Å². The van der Waals surface area contributed by atoms with Gasteiger partial charge in [-0.2, -0.15) is 0 Å². The monoisotopic (exact) mass is 514 g/mol. The van der Waals surface area contributed by atoms with E-state index in [-0.39, 0.29) is 40.6 Å². The summed E-state index contributed by atoms with van der Waals surface area (Å²) in [7, 11) is 0. The molecule has 1 unspecified atom stereocenters. The van der Waals surface area contributed by atoms with Gasteiger partial charge in [0.1, 0.15) is 41.4 Å². The number of aromatic hydroxyl groups is 1. The number of carbonyl (C=O) groups excluding carboxylic acids is 1. The van der Waals surface area contributed by atoms with Crippen molar-refractivity contribution in [2.75, 3.05) is 13.2 Å². The molecule has 3 aromatic rings. The average molecular weight is 515 g/mol. The molecule has 0 aliphatic carbocycles. The Bertz CT molecular complexity index is 1330. The average Bonchev–Trinajstić information content (AvgIpc) is 2.83. The molecule has 0 aliphatic heterocycles. The van der Waals surface area contributed by atoms with Crippen LogP contribution in [0.3, 0.4) is 0 Å². The van der Waals surface area contributed by atoms with Crippen LogP contribution in [-0.4, -0.2) is 46.4 Å². The molecule has 0 bridgehead atoms. The fourth-order valence-corrected chi connectivity index (χ4v) is 4.81. The fraction of sp³-hybridized carbons (Fsp3) is 0.370. The Morgan fingerprint density at radius 2 is 1.67 bits per heavy atom. The molecule has 2 aromatic carbocycles. The number of aromatic carboxylic acids is 1. The third-order valence-corrected chi connectivity index (χ3v) is 6.69. The number of fused-ring (bicyclic) bond motifs is 1. The first kappa shape index (κ1) is 27.2. The van der Waals surface area contributed by atoms with Gasteiger partial charge in [0.25, 0.3) is 0 Å². The summed E-state index contributed by atoms with van der Waals surface area (Å²) in [6.45, 7) is 5.11. The molecule has 0 amide bonds. The first-order chi connectivity index (χ1) is 17.2. The number of ether oxygens (including phenoxy) is 2. The number of rotatable bonds is 12. The number of phenols is 1. The second kappa shape index (κ2) is 12.0. The van der Waals surface area contributed by atoms with Crippen LogP contribution in [0.1, 0.15) is 64.8 Å². The third-order valence-electron chi connectivity index (χ3n) is 5.62. The number of aryl methyl sites for hydroxylation is 1. The number of hydrogen-bond acceptors (Lipinski definition) is 8. The topological polar surface area (TPSA) is 130 Å². The number of hydrogen-bond donors (Lipinski definition) is 3. The van der Waals surface area contributed by atoms with Gasteiger partial charge in [-0.15, -0.1) is 11.3 Å². The zero-order chi connectivity index (χ0) is 26.4. The number of carboxylic acid groups (broad SMARTS) is 1. The number of carbonyl (C=O) groups is 2. The Kier molecular flexibility index (Phi) is 9.06. The first-order valence-corrected chi connectivity index (χ1v) is 12.6. The van der Waals surface area contributed by atoms with Crippen molar-refractivity contribution in [1.29, 1.82) is 0 Å². The molecule has 0 saturated heterocycles. The standard InChI is InChI=1S/C27H30O8S/c1-4-6-16-10-20-21(30)11-25(27(32)33)36-24(20)12-23(16)35-14-17(29)13-34-22-9-8-18(15(3)28)26(31)19(22)7-5-2/h8-12,17,29,31H,4-7,13-14H2,1-3H3,(H,32,33). The van der Waals surface area contributed by atoms with Crippen molar-refractivity contribution in [3.63, 3.8) is 0 Å². The van der Waals surface area contributed by atoms with Crippen molar-refractivity contribution in [2.45, 2.75) is 52.6 Å². The molecule has 1 heterocycles. The van der Waals surface area contributed by atoms with E-state index in [0.29, 0.717) is 40.0 Å². The normalized spacial score (nSPS) is 11.9. The lowest BCUT2D eigenvalue weighted by molar-refractivity contribution is 0.0619. The van der Waals surface area contributed by atoms with E-state index in [1.807, 2.05) is 13.8 Å². The van der Waals surface area contributed by atoms with Crippen LogP contribution < -0.4 is 14.9 Å². The van der Waals surface area contributed by atoms with E-state index in [0.717, 1.165) is 35.8 Å². The lowest BCUT2D eigenvalue weighted by Gasteiger charge is -2.18. The van der Waals surface area contributed by atoms with Crippen molar-refractivity contribution >= 4 is 33.2 Å². The van der Waals surface area contributed by atoms with Crippen molar-refractivity contribution in [3.05, 3.63) is 62.1 Å². The van der Waals surface area contributed by atoms with E-state index < -0.39 is 12.1 Å². The van der Waals surface area contributed by atoms with E-state index in [4.69, 9.17) is 9.47 Å². The van der Waals surface area contributed by atoms with Crippen molar-refractivity contribution in [2.24, 2.45) is 0 Å². The van der Waals surface area contributed by atoms with Crippen LogP contribution >= 0.6 is 11.3 Å². The smallest absolute Gasteiger partial charge is 0.346 e. The molecule has 3 rings (SSSR count). The predicted molar refractivity (Wildman–Crippen MR) is 138 cm³/mol. The second-order valence-corrected chi connectivity index (χ2v) is 9.59. The summed E-state index contributed by atoms with van der Waals surface area (Å²) in [4.78, 5) is 35.5. The molecule has 192 valence electrons. The number of aliphatic hydroxyl groups excluding tert-OH is 1. The Labute approximate surface area is 212 Å². The Balaban J connectivity index is 1.77. The summed E-state index contributed by atoms with van der Waals surface area (Å²) >= 11 is 0.988. The lowest BCUT2D eigenvalue weighted by Crippen LogP contribution is -2.25. The third kappa shape index (κ3) is 6.22. The van der Waals surface area contributed by atoms with Crippen LogP contribution in [0.25, 0.3) is 10.1 Å². The van der Waals surface area contributed by atoms with Gasteiger partial charge in [0.05, 0.1) is 5.56 Å². The maximum absolute atomic E-state index is 12.4. The highest BCUT2D eigenvalue weighted by Crippen LogP contribution is 2.33. The molecule has 0 radical (unpaired) electrons. The number of benzene rings is 2. The summed E-state index contributed by atoms with van der Waals surface area (Å²) in [5, 5.41) is 30.7. The summed E-state index contributed by atoms with van der Waals surface area (Å²) in [5.41, 5.74) is 1.17. The molecule has 0 spiro atoms. The highest BCUT2D eigenvalue weighted by Gasteiger charge is 2.18. The molecule has 36 heavy (non-hydrogen) atoms. The maximum atomic E-state index is 12.4. The molecule has 3 N–H and O–H groups in total. The zero-order valence-corrected chi connectivity index (χ0v) is 21.3. The molecule has 1 atom stereocenters. The number of phenolic OH excluding ortho intramolecular Hbond substituents is 1. The van der Waals surface area contributed by atoms with E-state index in [9.17, 15) is 29.7 Å². The van der Waals surface area contributed by atoms with Crippen molar-refractivity contribution < 1.29 is 34.4 Å². The molecule has 0 aliphatic rings. The van der Waals surface area contributed by atoms with Crippen LogP contribution in [0.5, 0.6) is 17.2 Å². The Morgan fingerprint density at radius 1 is 1.00 bits per heavy atom. The largest absolute Gasteiger partial charge is 0.507 e. The first-order valence-electron chi connectivity index (χ1n) is 11.8. The lowest BCUT2D eigenvalue weighted by atomic mass is 10.0. The van der Waals surface area contributed by atoms with Gasteiger partial charge < -0.3 is 24.8 Å². The number of ketones is 1. The second-order valence-electron chi connectivity index (χ2n) is 8.51. The van der Waals surface area contributed by atoms with Crippen LogP contribution in [0.15, 0.2) is 35.1 Å². The van der Waals surface area contributed by atoms with E-state index in [1.165, 1.54) is 13.0 Å². The summed E-state index contributed by atoms with van der Waals surface area (Å²) in [6.07, 6.45) is 1.68. The minimum Gasteiger partial charge on any atom is -0.507 e. The Hall–Kier alpha value is -3.43. The molecule has 1 aromatic heterocycles. The van der Waals surface area contributed by atoms with Gasteiger partial charge in [-0.25, -0.2) is 4.79 Å². The van der Waals surface area contributed by atoms with Crippen molar-refractivity contribution in [1.82, 2.24) is 0 Å². The molecular weight excluding hydrogens is 484 g/mol. The van der Waals surface area contributed by atoms with Crippen LogP contribution in [0.2, 0.25) is 0 Å². The van der Waals surface area contributed by atoms with Crippen LogP contribution in [-0.2, 0) is 12.8 Å². The minimum atomic E-state index is -1.17. The van der Waals surface area contributed by atoms with Crippen LogP contribution in [0.4, 0.5) is 0 Å². The summed E-state index contributed by atoms with van der Waals surface area (Å²) in [5.74, 6) is -0.661. The van der Waals surface area contributed by atoms with Crippen LogP contribution in [0, 0.1) is 0 Å². The van der Waals surface area contributed by atoms with E-state index in [2.05, 4.69) is 0 Å². The minimum absolute atomic E-state index is 0.0583. The SMILES string of the molecule is CCCc1cc2c(=O)cc(C(=O)O)sc2cc1OCC(O)COc1ccc(C(C)=O)c(O)c1CCC. The van der Waals surface area contributed by atoms with Gasteiger partial charge in [-0.1, -0.05) is 26.7 Å².